The summed E-state index contributed by atoms with van der Waals surface area (Å²) >= 11 is 0. The highest BCUT2D eigenvalue weighted by molar-refractivity contribution is 5.63. The van der Waals surface area contributed by atoms with Gasteiger partial charge in [0, 0.05) is 5.97 Å². The number of rotatable bonds is 5. The zero-order valence-corrected chi connectivity index (χ0v) is 10.3. The van der Waals surface area contributed by atoms with Crippen LogP contribution in [0.2, 0.25) is 0 Å². The van der Waals surface area contributed by atoms with Crippen LogP contribution in [-0.4, -0.2) is 36.6 Å². The number of carbonyl (C=O) groups excluding carboxylic acids is 1. The number of carbonyl (C=O) groups is 1. The average Bonchev–Trinajstić information content (AvgIpc) is 2.23. The van der Waals surface area contributed by atoms with Crippen LogP contribution in [0.25, 0.3) is 0 Å². The number of aliphatic carboxylic acids is 1. The summed E-state index contributed by atoms with van der Waals surface area (Å²) < 4.78 is 1.28. The van der Waals surface area contributed by atoms with Crippen LogP contribution in [0, 0.1) is 0 Å². The molecule has 3 heteroatoms. The van der Waals surface area contributed by atoms with Gasteiger partial charge in [-0.3, -0.25) is 0 Å². The predicted molar refractivity (Wildman–Crippen MR) is 57.7 cm³/mol. The van der Waals surface area contributed by atoms with Gasteiger partial charge in [-0.25, -0.2) is 0 Å². The fourth-order valence-corrected chi connectivity index (χ4v) is 1.34. The minimum absolute atomic E-state index is 0.111. The lowest BCUT2D eigenvalue weighted by Gasteiger charge is -2.34. The van der Waals surface area contributed by atoms with Crippen molar-refractivity contribution in [1.29, 1.82) is 0 Å². The fraction of sp³-hybridized carbons (Fsp3) is 0.909. The molecule has 0 unspecified atom stereocenters. The summed E-state index contributed by atoms with van der Waals surface area (Å²) in [7, 11) is 0. The molecule has 0 spiro atoms. The highest BCUT2D eigenvalue weighted by Crippen LogP contribution is 2.03. The van der Waals surface area contributed by atoms with Crippen LogP contribution >= 0.6 is 0 Å². The van der Waals surface area contributed by atoms with E-state index in [9.17, 15) is 9.90 Å². The highest BCUT2D eigenvalue weighted by Gasteiger charge is 2.16. The van der Waals surface area contributed by atoms with E-state index < -0.39 is 5.97 Å². The Bertz CT molecular complexity index is 125. The van der Waals surface area contributed by atoms with Gasteiger partial charge < -0.3 is 14.4 Å². The van der Waals surface area contributed by atoms with Crippen molar-refractivity contribution in [1.82, 2.24) is 0 Å². The van der Waals surface area contributed by atoms with Crippen LogP contribution in [-0.2, 0) is 4.79 Å². The normalized spacial score (nSPS) is 10.4. The SMILES string of the molecule is CCC(=O)[O-].CC[N+](CC)(CC)CC. The highest BCUT2D eigenvalue weighted by atomic mass is 16.4. The molecule has 86 valence electrons. The molecule has 0 aromatic heterocycles. The van der Waals surface area contributed by atoms with E-state index in [1.54, 1.807) is 0 Å². The first-order chi connectivity index (χ1) is 6.51. The Morgan fingerprint density at radius 3 is 1.14 bits per heavy atom. The Balaban J connectivity index is 0. The van der Waals surface area contributed by atoms with Crippen molar-refractivity contribution in [3.05, 3.63) is 0 Å². The Morgan fingerprint density at radius 2 is 1.14 bits per heavy atom. The van der Waals surface area contributed by atoms with Gasteiger partial charge in [0.15, 0.2) is 0 Å². The Labute approximate surface area is 88.3 Å². The standard InChI is InChI=1S/C8H20N.C3H6O2/c1-5-9(6-2,7-3)8-4;1-2-3(4)5/h5-8H2,1-4H3;2H2,1H3,(H,4,5)/q+1;/p-1. The van der Waals surface area contributed by atoms with Gasteiger partial charge in [0.2, 0.25) is 0 Å². The lowest BCUT2D eigenvalue weighted by molar-refractivity contribution is -0.921. The van der Waals surface area contributed by atoms with Crippen molar-refractivity contribution in [2.24, 2.45) is 0 Å². The number of carboxylic acid groups (broad SMARTS) is 1. The van der Waals surface area contributed by atoms with Crippen LogP contribution in [0.3, 0.4) is 0 Å². The average molecular weight is 203 g/mol. The van der Waals surface area contributed by atoms with E-state index in [1.807, 2.05) is 0 Å². The lowest BCUT2D eigenvalue weighted by atomic mass is 10.3. The smallest absolute Gasteiger partial charge is 0.0757 e. The summed E-state index contributed by atoms with van der Waals surface area (Å²) in [5.74, 6) is -0.995. The lowest BCUT2D eigenvalue weighted by Crippen LogP contribution is -2.47. The maximum Gasteiger partial charge on any atom is 0.0757 e. The topological polar surface area (TPSA) is 40.1 Å². The molecule has 0 aliphatic carbocycles. The number of hydrogen-bond acceptors (Lipinski definition) is 2. The minimum Gasteiger partial charge on any atom is -0.550 e. The number of hydrogen-bond donors (Lipinski definition) is 0. The molecule has 0 rings (SSSR count). The van der Waals surface area contributed by atoms with Crippen molar-refractivity contribution in [3.8, 4) is 0 Å². The van der Waals surface area contributed by atoms with Gasteiger partial charge in [0.1, 0.15) is 0 Å². The van der Waals surface area contributed by atoms with Gasteiger partial charge in [-0.05, 0) is 34.1 Å². The third kappa shape index (κ3) is 6.89. The molecule has 0 fully saturated rings. The van der Waals surface area contributed by atoms with Crippen molar-refractivity contribution < 1.29 is 14.4 Å². The van der Waals surface area contributed by atoms with Gasteiger partial charge in [0.25, 0.3) is 0 Å². The van der Waals surface area contributed by atoms with Crippen molar-refractivity contribution in [2.45, 2.75) is 41.0 Å². The van der Waals surface area contributed by atoms with Crippen molar-refractivity contribution >= 4 is 5.97 Å². The molecule has 0 amide bonds. The monoisotopic (exact) mass is 203 g/mol. The van der Waals surface area contributed by atoms with Gasteiger partial charge in [-0.2, -0.15) is 0 Å². The second-order valence-electron chi connectivity index (χ2n) is 3.33. The first-order valence-electron chi connectivity index (χ1n) is 5.56. The quantitative estimate of drug-likeness (QED) is 0.626. The minimum atomic E-state index is -0.995. The summed E-state index contributed by atoms with van der Waals surface area (Å²) in [6.07, 6.45) is 0.111. The molecule has 0 aliphatic rings. The molecule has 0 saturated heterocycles. The Hall–Kier alpha value is -0.570. The molecule has 0 atom stereocenters. The molecule has 0 radical (unpaired) electrons. The molecule has 0 bridgehead atoms. The maximum atomic E-state index is 9.26. The molecule has 0 aliphatic heterocycles. The third-order valence-corrected chi connectivity index (χ3v) is 2.97. The first kappa shape index (κ1) is 15.9. The van der Waals surface area contributed by atoms with Crippen molar-refractivity contribution in [2.75, 3.05) is 26.2 Å². The van der Waals surface area contributed by atoms with E-state index in [2.05, 4.69) is 27.7 Å². The summed E-state index contributed by atoms with van der Waals surface area (Å²) in [6, 6.07) is 0. The van der Waals surface area contributed by atoms with Crippen LogP contribution in [0.5, 0.6) is 0 Å². The van der Waals surface area contributed by atoms with Crippen LogP contribution in [0.4, 0.5) is 0 Å². The van der Waals surface area contributed by atoms with E-state index >= 15 is 0 Å². The van der Waals surface area contributed by atoms with E-state index in [0.29, 0.717) is 0 Å². The Kier molecular flexibility index (Phi) is 10.2. The van der Waals surface area contributed by atoms with Gasteiger partial charge >= 0.3 is 0 Å². The van der Waals surface area contributed by atoms with Crippen LogP contribution in [0.1, 0.15) is 41.0 Å². The molecular formula is C11H25NO2. The summed E-state index contributed by atoms with van der Waals surface area (Å²) in [5.41, 5.74) is 0. The Morgan fingerprint density at radius 1 is 0.929 bits per heavy atom. The third-order valence-electron chi connectivity index (χ3n) is 2.97. The zero-order chi connectivity index (χ0) is 11.6. The van der Waals surface area contributed by atoms with E-state index in [4.69, 9.17) is 0 Å². The second-order valence-corrected chi connectivity index (χ2v) is 3.33. The molecule has 14 heavy (non-hydrogen) atoms. The summed E-state index contributed by atoms with van der Waals surface area (Å²) in [6.45, 7) is 15.8. The maximum absolute atomic E-state index is 9.26. The van der Waals surface area contributed by atoms with Gasteiger partial charge in [0.05, 0.1) is 26.2 Å². The van der Waals surface area contributed by atoms with E-state index in [1.165, 1.54) is 37.6 Å². The van der Waals surface area contributed by atoms with Gasteiger partial charge in [-0.1, -0.05) is 6.92 Å². The molecule has 0 aromatic rings. The van der Waals surface area contributed by atoms with Crippen LogP contribution in [0.15, 0.2) is 0 Å². The van der Waals surface area contributed by atoms with Crippen molar-refractivity contribution in [3.63, 3.8) is 0 Å². The zero-order valence-electron chi connectivity index (χ0n) is 10.3. The molecular weight excluding hydrogens is 178 g/mol. The fourth-order valence-electron chi connectivity index (χ4n) is 1.34. The number of nitrogens with zero attached hydrogens (tertiary/aromatic N) is 1. The van der Waals surface area contributed by atoms with Gasteiger partial charge in [-0.15, -0.1) is 0 Å². The van der Waals surface area contributed by atoms with E-state index in [-0.39, 0.29) is 6.42 Å². The second kappa shape index (κ2) is 9.00. The van der Waals surface area contributed by atoms with Crippen LogP contribution < -0.4 is 5.11 Å². The first-order valence-corrected chi connectivity index (χ1v) is 5.56. The summed E-state index contributed by atoms with van der Waals surface area (Å²) in [4.78, 5) is 9.26. The number of carboxylic acids is 1. The molecule has 0 saturated carbocycles. The molecule has 3 nitrogen and oxygen atoms in total. The molecule has 0 heterocycles. The summed E-state index contributed by atoms with van der Waals surface area (Å²) in [5, 5.41) is 9.26. The number of quaternary nitrogens is 1. The predicted octanol–water partition coefficient (Wildman–Crippen LogP) is 1.03. The molecule has 0 N–H and O–H groups in total. The molecule has 0 aromatic carbocycles. The van der Waals surface area contributed by atoms with E-state index in [0.717, 1.165) is 0 Å². The largest absolute Gasteiger partial charge is 0.550 e.